The van der Waals surface area contributed by atoms with Gasteiger partial charge in [0.1, 0.15) is 5.82 Å². The van der Waals surface area contributed by atoms with Crippen LogP contribution in [0.4, 0.5) is 10.1 Å². The molecule has 0 heterocycles. The lowest BCUT2D eigenvalue weighted by molar-refractivity contribution is 0.0601. The molecule has 2 aromatic carbocycles. The van der Waals surface area contributed by atoms with Crippen LogP contribution in [0.2, 0.25) is 5.02 Å². The maximum atomic E-state index is 13.7. The van der Waals surface area contributed by atoms with E-state index in [4.69, 9.17) is 11.6 Å². The minimum atomic E-state index is -0.423. The number of anilines is 1. The molecule has 1 N–H and O–H groups in total. The SMILES string of the molecule is COC(=O)c1ccc(NCc2cccc(Cl)c2F)cc1. The van der Waals surface area contributed by atoms with Crippen molar-refractivity contribution in [1.82, 2.24) is 0 Å². The van der Waals surface area contributed by atoms with E-state index >= 15 is 0 Å². The lowest BCUT2D eigenvalue weighted by Crippen LogP contribution is -2.04. The Kier molecular flexibility index (Phi) is 4.58. The fraction of sp³-hybridized carbons (Fsp3) is 0.133. The molecule has 0 aromatic heterocycles. The van der Waals surface area contributed by atoms with Gasteiger partial charge in [0, 0.05) is 17.8 Å². The van der Waals surface area contributed by atoms with Gasteiger partial charge in [0.05, 0.1) is 17.7 Å². The average molecular weight is 294 g/mol. The van der Waals surface area contributed by atoms with E-state index in [1.165, 1.54) is 13.2 Å². The van der Waals surface area contributed by atoms with Gasteiger partial charge < -0.3 is 10.1 Å². The maximum Gasteiger partial charge on any atom is 0.337 e. The van der Waals surface area contributed by atoms with Crippen molar-refractivity contribution in [2.45, 2.75) is 6.54 Å². The van der Waals surface area contributed by atoms with Gasteiger partial charge in [-0.15, -0.1) is 0 Å². The van der Waals surface area contributed by atoms with E-state index in [9.17, 15) is 9.18 Å². The molecule has 104 valence electrons. The second-order valence-electron chi connectivity index (χ2n) is 4.14. The van der Waals surface area contributed by atoms with Crippen molar-refractivity contribution in [2.75, 3.05) is 12.4 Å². The minimum Gasteiger partial charge on any atom is -0.465 e. The minimum absolute atomic E-state index is 0.102. The van der Waals surface area contributed by atoms with Crippen LogP contribution in [0.3, 0.4) is 0 Å². The van der Waals surface area contributed by atoms with Crippen LogP contribution in [-0.2, 0) is 11.3 Å². The number of rotatable bonds is 4. The first-order valence-corrected chi connectivity index (χ1v) is 6.34. The zero-order chi connectivity index (χ0) is 14.5. The highest BCUT2D eigenvalue weighted by Crippen LogP contribution is 2.19. The number of nitrogens with one attached hydrogen (secondary N) is 1. The number of hydrogen-bond donors (Lipinski definition) is 1. The van der Waals surface area contributed by atoms with Gasteiger partial charge in [-0.05, 0) is 30.3 Å². The molecule has 0 spiro atoms. The summed E-state index contributed by atoms with van der Waals surface area (Å²) in [6, 6.07) is 11.6. The third-order valence-electron chi connectivity index (χ3n) is 2.82. The van der Waals surface area contributed by atoms with E-state index in [0.29, 0.717) is 17.7 Å². The Morgan fingerprint density at radius 3 is 2.60 bits per heavy atom. The van der Waals surface area contributed by atoms with E-state index in [0.717, 1.165) is 5.69 Å². The van der Waals surface area contributed by atoms with Gasteiger partial charge in [0.15, 0.2) is 0 Å². The number of halogens is 2. The molecule has 0 aliphatic carbocycles. The number of carbonyl (C=O) groups excluding carboxylic acids is 1. The topological polar surface area (TPSA) is 38.3 Å². The molecule has 0 aliphatic heterocycles. The van der Waals surface area contributed by atoms with Crippen LogP contribution in [0.5, 0.6) is 0 Å². The summed E-state index contributed by atoms with van der Waals surface area (Å²) in [5, 5.41) is 3.16. The highest BCUT2D eigenvalue weighted by Gasteiger charge is 2.07. The Morgan fingerprint density at radius 2 is 1.95 bits per heavy atom. The Balaban J connectivity index is 2.04. The molecule has 2 aromatic rings. The molecular weight excluding hydrogens is 281 g/mol. The van der Waals surface area contributed by atoms with Gasteiger partial charge in [0.2, 0.25) is 0 Å². The smallest absolute Gasteiger partial charge is 0.337 e. The van der Waals surface area contributed by atoms with E-state index in [1.807, 2.05) is 0 Å². The number of benzene rings is 2. The van der Waals surface area contributed by atoms with Crippen molar-refractivity contribution < 1.29 is 13.9 Å². The van der Waals surface area contributed by atoms with Gasteiger partial charge in [-0.25, -0.2) is 9.18 Å². The quantitative estimate of drug-likeness (QED) is 0.870. The molecule has 0 saturated carbocycles. The van der Waals surface area contributed by atoms with E-state index < -0.39 is 11.8 Å². The Labute approximate surface area is 121 Å². The molecule has 0 bridgehead atoms. The van der Waals surface area contributed by atoms with Gasteiger partial charge in [-0.3, -0.25) is 0 Å². The molecule has 0 unspecified atom stereocenters. The van der Waals surface area contributed by atoms with Crippen LogP contribution in [-0.4, -0.2) is 13.1 Å². The molecule has 0 amide bonds. The second kappa shape index (κ2) is 6.39. The predicted molar refractivity (Wildman–Crippen MR) is 76.5 cm³/mol. The summed E-state index contributed by atoms with van der Waals surface area (Å²) in [7, 11) is 1.33. The van der Waals surface area contributed by atoms with Crippen LogP contribution in [0.25, 0.3) is 0 Å². The molecule has 0 fully saturated rings. The van der Waals surface area contributed by atoms with Crippen LogP contribution >= 0.6 is 11.6 Å². The number of hydrogen-bond acceptors (Lipinski definition) is 3. The Hall–Kier alpha value is -2.07. The normalized spacial score (nSPS) is 10.2. The highest BCUT2D eigenvalue weighted by molar-refractivity contribution is 6.30. The largest absolute Gasteiger partial charge is 0.465 e. The van der Waals surface area contributed by atoms with Crippen molar-refractivity contribution in [3.63, 3.8) is 0 Å². The van der Waals surface area contributed by atoms with Crippen LogP contribution in [0.1, 0.15) is 15.9 Å². The summed E-state index contributed by atoms with van der Waals surface area (Å²) in [5.41, 5.74) is 1.72. The molecule has 3 nitrogen and oxygen atoms in total. The lowest BCUT2D eigenvalue weighted by atomic mass is 10.2. The van der Waals surface area contributed by atoms with Gasteiger partial charge in [-0.2, -0.15) is 0 Å². The van der Waals surface area contributed by atoms with Crippen molar-refractivity contribution in [3.05, 3.63) is 64.4 Å². The number of carbonyl (C=O) groups is 1. The molecule has 0 atom stereocenters. The number of methoxy groups -OCH3 is 1. The monoisotopic (exact) mass is 293 g/mol. The molecule has 5 heteroatoms. The summed E-state index contributed by atoms with van der Waals surface area (Å²) < 4.78 is 18.3. The van der Waals surface area contributed by atoms with Crippen LogP contribution < -0.4 is 5.32 Å². The Morgan fingerprint density at radius 1 is 1.25 bits per heavy atom. The lowest BCUT2D eigenvalue weighted by Gasteiger charge is -2.08. The predicted octanol–water partition coefficient (Wildman–Crippen LogP) is 3.88. The molecular formula is C15H13ClFNO2. The highest BCUT2D eigenvalue weighted by atomic mass is 35.5. The molecule has 20 heavy (non-hydrogen) atoms. The van der Waals surface area contributed by atoms with Crippen molar-refractivity contribution in [3.8, 4) is 0 Å². The number of esters is 1. The first-order valence-electron chi connectivity index (χ1n) is 5.97. The van der Waals surface area contributed by atoms with E-state index in [-0.39, 0.29) is 5.02 Å². The first kappa shape index (κ1) is 14.3. The maximum absolute atomic E-state index is 13.7. The third-order valence-corrected chi connectivity index (χ3v) is 3.11. The summed E-state index contributed by atoms with van der Waals surface area (Å²) in [5.74, 6) is -0.815. The van der Waals surface area contributed by atoms with Gasteiger partial charge >= 0.3 is 5.97 Å². The van der Waals surface area contributed by atoms with Crippen molar-refractivity contribution >= 4 is 23.3 Å². The first-order chi connectivity index (χ1) is 9.61. The van der Waals surface area contributed by atoms with Gasteiger partial charge in [0.25, 0.3) is 0 Å². The molecule has 0 aliphatic rings. The van der Waals surface area contributed by atoms with E-state index in [1.54, 1.807) is 36.4 Å². The zero-order valence-corrected chi connectivity index (χ0v) is 11.6. The standard InChI is InChI=1S/C15H13ClFNO2/c1-20-15(19)10-5-7-12(8-6-10)18-9-11-3-2-4-13(16)14(11)17/h2-8,18H,9H2,1H3. The molecule has 2 rings (SSSR count). The Bertz CT molecular complexity index is 614. The van der Waals surface area contributed by atoms with Crippen molar-refractivity contribution in [1.29, 1.82) is 0 Å². The molecule has 0 radical (unpaired) electrons. The fourth-order valence-electron chi connectivity index (χ4n) is 1.72. The molecule has 0 saturated heterocycles. The van der Waals surface area contributed by atoms with E-state index in [2.05, 4.69) is 10.1 Å². The third kappa shape index (κ3) is 3.27. The average Bonchev–Trinajstić information content (AvgIpc) is 2.48. The number of ether oxygens (including phenoxy) is 1. The fourth-order valence-corrected chi connectivity index (χ4v) is 1.92. The van der Waals surface area contributed by atoms with Crippen molar-refractivity contribution in [2.24, 2.45) is 0 Å². The van der Waals surface area contributed by atoms with Crippen LogP contribution in [0, 0.1) is 5.82 Å². The van der Waals surface area contributed by atoms with Gasteiger partial charge in [-0.1, -0.05) is 23.7 Å². The summed E-state index contributed by atoms with van der Waals surface area (Å²) >= 11 is 5.71. The van der Waals surface area contributed by atoms with Crippen LogP contribution in [0.15, 0.2) is 42.5 Å². The summed E-state index contributed by atoms with van der Waals surface area (Å²) in [6.45, 7) is 0.309. The summed E-state index contributed by atoms with van der Waals surface area (Å²) in [4.78, 5) is 11.3. The summed E-state index contributed by atoms with van der Waals surface area (Å²) in [6.07, 6.45) is 0. The second-order valence-corrected chi connectivity index (χ2v) is 4.54. The zero-order valence-electron chi connectivity index (χ0n) is 10.8.